The van der Waals surface area contributed by atoms with Crippen molar-refractivity contribution in [1.29, 1.82) is 0 Å². The first-order valence-corrected chi connectivity index (χ1v) is 8.18. The van der Waals surface area contributed by atoms with Crippen LogP contribution in [-0.2, 0) is 0 Å². The second-order valence-corrected chi connectivity index (χ2v) is 6.28. The van der Waals surface area contributed by atoms with Gasteiger partial charge in [0.15, 0.2) is 5.78 Å². The Bertz CT molecular complexity index is 466. The van der Waals surface area contributed by atoms with E-state index in [1.807, 2.05) is 0 Å². The van der Waals surface area contributed by atoms with Crippen molar-refractivity contribution in [2.75, 3.05) is 20.2 Å². The summed E-state index contributed by atoms with van der Waals surface area (Å²) in [5, 5.41) is 10.1. The van der Waals surface area contributed by atoms with Crippen LogP contribution in [0.15, 0.2) is 24.3 Å². The first-order chi connectivity index (χ1) is 10.6. The largest absolute Gasteiger partial charge is 0.491 e. The van der Waals surface area contributed by atoms with Gasteiger partial charge in [-0.2, -0.15) is 0 Å². The SMILES string of the molecule is CC(=O)c1ccc(OC[C@H](O)CN(C)C2CCCCC2)cc1. The summed E-state index contributed by atoms with van der Waals surface area (Å²) in [6.07, 6.45) is 5.90. The molecule has 22 heavy (non-hydrogen) atoms. The second-order valence-electron chi connectivity index (χ2n) is 6.28. The molecular formula is C18H27NO3. The van der Waals surface area contributed by atoms with E-state index >= 15 is 0 Å². The number of aliphatic hydroxyl groups is 1. The Hall–Kier alpha value is -1.39. The molecule has 1 N–H and O–H groups in total. The third kappa shape index (κ3) is 5.11. The zero-order chi connectivity index (χ0) is 15.9. The first kappa shape index (κ1) is 17.0. The molecule has 0 radical (unpaired) electrons. The summed E-state index contributed by atoms with van der Waals surface area (Å²) in [5.74, 6) is 0.727. The molecule has 1 aromatic rings. The van der Waals surface area contributed by atoms with E-state index in [2.05, 4.69) is 11.9 Å². The van der Waals surface area contributed by atoms with Crippen LogP contribution in [-0.4, -0.2) is 48.1 Å². The molecule has 1 atom stereocenters. The monoisotopic (exact) mass is 305 g/mol. The normalized spacial score (nSPS) is 17.5. The molecule has 122 valence electrons. The maximum atomic E-state index is 11.2. The number of benzene rings is 1. The number of likely N-dealkylation sites (N-methyl/N-ethyl adjacent to an activating group) is 1. The number of hydrogen-bond donors (Lipinski definition) is 1. The summed E-state index contributed by atoms with van der Waals surface area (Å²) in [6, 6.07) is 7.64. The summed E-state index contributed by atoms with van der Waals surface area (Å²) in [5.41, 5.74) is 0.671. The van der Waals surface area contributed by atoms with Gasteiger partial charge in [-0.15, -0.1) is 0 Å². The minimum atomic E-state index is -0.501. The topological polar surface area (TPSA) is 49.8 Å². The van der Waals surface area contributed by atoms with Gasteiger partial charge < -0.3 is 14.7 Å². The number of ether oxygens (including phenoxy) is 1. The standard InChI is InChI=1S/C18H27NO3/c1-14(20)15-8-10-18(11-9-15)22-13-17(21)12-19(2)16-6-4-3-5-7-16/h8-11,16-17,21H,3-7,12-13H2,1-2H3/t17-/m1/s1. The van der Waals surface area contributed by atoms with Crippen LogP contribution < -0.4 is 4.74 Å². The fourth-order valence-electron chi connectivity index (χ4n) is 3.03. The van der Waals surface area contributed by atoms with Crippen LogP contribution >= 0.6 is 0 Å². The van der Waals surface area contributed by atoms with Gasteiger partial charge in [-0.25, -0.2) is 0 Å². The number of Topliss-reactive ketones (excluding diaryl/α,β-unsaturated/α-hetero) is 1. The molecule has 1 fully saturated rings. The van der Waals surface area contributed by atoms with Gasteiger partial charge in [0.25, 0.3) is 0 Å². The summed E-state index contributed by atoms with van der Waals surface area (Å²) in [6.45, 7) is 2.45. The van der Waals surface area contributed by atoms with Crippen molar-refractivity contribution in [1.82, 2.24) is 4.90 Å². The molecule has 4 heteroatoms. The number of carbonyl (C=O) groups is 1. The van der Waals surface area contributed by atoms with Crippen molar-refractivity contribution in [3.05, 3.63) is 29.8 Å². The highest BCUT2D eigenvalue weighted by atomic mass is 16.5. The van der Waals surface area contributed by atoms with Gasteiger partial charge in [-0.05, 0) is 51.1 Å². The summed E-state index contributed by atoms with van der Waals surface area (Å²) in [4.78, 5) is 13.5. The minimum Gasteiger partial charge on any atom is -0.491 e. The van der Waals surface area contributed by atoms with Crippen molar-refractivity contribution in [2.24, 2.45) is 0 Å². The Morgan fingerprint density at radius 3 is 2.50 bits per heavy atom. The Kier molecular flexibility index (Phi) is 6.40. The van der Waals surface area contributed by atoms with Crippen LogP contribution in [0.5, 0.6) is 5.75 Å². The molecule has 0 spiro atoms. The summed E-state index contributed by atoms with van der Waals surface area (Å²) >= 11 is 0. The fourth-order valence-corrected chi connectivity index (χ4v) is 3.03. The zero-order valence-electron chi connectivity index (χ0n) is 13.6. The number of aliphatic hydroxyl groups excluding tert-OH is 1. The summed E-state index contributed by atoms with van der Waals surface area (Å²) < 4.78 is 5.60. The molecule has 0 amide bonds. The van der Waals surface area contributed by atoms with Gasteiger partial charge in [0.2, 0.25) is 0 Å². The molecule has 2 rings (SSSR count). The van der Waals surface area contributed by atoms with Gasteiger partial charge in [0.1, 0.15) is 18.5 Å². The third-order valence-electron chi connectivity index (χ3n) is 4.40. The molecule has 0 unspecified atom stereocenters. The Balaban J connectivity index is 1.74. The quantitative estimate of drug-likeness (QED) is 0.787. The van der Waals surface area contributed by atoms with Crippen molar-refractivity contribution >= 4 is 5.78 Å². The molecule has 1 aliphatic carbocycles. The lowest BCUT2D eigenvalue weighted by molar-refractivity contribution is 0.0561. The van der Waals surface area contributed by atoms with Gasteiger partial charge in [0, 0.05) is 18.2 Å². The van der Waals surface area contributed by atoms with Crippen LogP contribution in [0.4, 0.5) is 0 Å². The van der Waals surface area contributed by atoms with Gasteiger partial charge >= 0.3 is 0 Å². The molecule has 1 saturated carbocycles. The molecule has 1 aromatic carbocycles. The van der Waals surface area contributed by atoms with Crippen LogP contribution in [0.2, 0.25) is 0 Å². The molecule has 1 aliphatic rings. The zero-order valence-corrected chi connectivity index (χ0v) is 13.6. The molecule has 0 saturated heterocycles. The van der Waals surface area contributed by atoms with Gasteiger partial charge in [-0.1, -0.05) is 19.3 Å². The van der Waals surface area contributed by atoms with Crippen molar-refractivity contribution in [2.45, 2.75) is 51.2 Å². The smallest absolute Gasteiger partial charge is 0.159 e. The lowest BCUT2D eigenvalue weighted by Gasteiger charge is -2.32. The third-order valence-corrected chi connectivity index (χ3v) is 4.40. The Morgan fingerprint density at radius 1 is 1.27 bits per heavy atom. The molecule has 0 aromatic heterocycles. The van der Waals surface area contributed by atoms with E-state index in [1.54, 1.807) is 31.2 Å². The first-order valence-electron chi connectivity index (χ1n) is 8.18. The molecular weight excluding hydrogens is 278 g/mol. The van der Waals surface area contributed by atoms with E-state index in [4.69, 9.17) is 4.74 Å². The van der Waals surface area contributed by atoms with E-state index in [0.717, 1.165) is 0 Å². The summed E-state index contributed by atoms with van der Waals surface area (Å²) in [7, 11) is 2.08. The average molecular weight is 305 g/mol. The number of ketones is 1. The van der Waals surface area contributed by atoms with E-state index in [9.17, 15) is 9.90 Å². The molecule has 0 heterocycles. The maximum absolute atomic E-state index is 11.2. The predicted molar refractivity (Wildman–Crippen MR) is 87.5 cm³/mol. The number of rotatable bonds is 7. The highest BCUT2D eigenvalue weighted by Gasteiger charge is 2.20. The lowest BCUT2D eigenvalue weighted by atomic mass is 9.94. The van der Waals surface area contributed by atoms with E-state index in [0.29, 0.717) is 23.9 Å². The fraction of sp³-hybridized carbons (Fsp3) is 0.611. The van der Waals surface area contributed by atoms with Crippen molar-refractivity contribution < 1.29 is 14.6 Å². The molecule has 0 bridgehead atoms. The number of nitrogens with zero attached hydrogens (tertiary/aromatic N) is 1. The second kappa shape index (κ2) is 8.30. The van der Waals surface area contributed by atoms with Crippen molar-refractivity contribution in [3.8, 4) is 5.75 Å². The van der Waals surface area contributed by atoms with Crippen LogP contribution in [0.1, 0.15) is 49.4 Å². The minimum absolute atomic E-state index is 0.0423. The van der Waals surface area contributed by atoms with Gasteiger partial charge in [0.05, 0.1) is 0 Å². The number of carbonyl (C=O) groups excluding carboxylic acids is 1. The van der Waals surface area contributed by atoms with E-state index in [-0.39, 0.29) is 12.4 Å². The van der Waals surface area contributed by atoms with Crippen molar-refractivity contribution in [3.63, 3.8) is 0 Å². The van der Waals surface area contributed by atoms with E-state index in [1.165, 1.54) is 32.1 Å². The average Bonchev–Trinajstić information content (AvgIpc) is 2.54. The highest BCUT2D eigenvalue weighted by Crippen LogP contribution is 2.21. The molecule has 4 nitrogen and oxygen atoms in total. The highest BCUT2D eigenvalue weighted by molar-refractivity contribution is 5.94. The number of hydrogen-bond acceptors (Lipinski definition) is 4. The van der Waals surface area contributed by atoms with Crippen LogP contribution in [0, 0.1) is 0 Å². The predicted octanol–water partition coefficient (Wildman–Crippen LogP) is 2.89. The van der Waals surface area contributed by atoms with Crippen LogP contribution in [0.25, 0.3) is 0 Å². The molecule has 0 aliphatic heterocycles. The van der Waals surface area contributed by atoms with E-state index < -0.39 is 6.10 Å². The van der Waals surface area contributed by atoms with Crippen LogP contribution in [0.3, 0.4) is 0 Å². The Morgan fingerprint density at radius 2 is 1.91 bits per heavy atom. The maximum Gasteiger partial charge on any atom is 0.159 e. The Labute approximate surface area is 133 Å². The lowest BCUT2D eigenvalue weighted by Crippen LogP contribution is -2.40. The van der Waals surface area contributed by atoms with Gasteiger partial charge in [-0.3, -0.25) is 4.79 Å².